The minimum Gasteiger partial charge on any atom is -0.463 e. The monoisotopic (exact) mass is 1070 g/mol. The summed E-state index contributed by atoms with van der Waals surface area (Å²) < 4.78 is 5.71. The molecule has 20 nitrogen and oxygen atoms in total. The maximum Gasteiger partial charge on any atom is 0.316 e. The fourth-order valence-electron chi connectivity index (χ4n) is 9.76. The molecular formula is C56H98N10O10. The van der Waals surface area contributed by atoms with E-state index in [0.29, 0.717) is 32.1 Å². The summed E-state index contributed by atoms with van der Waals surface area (Å²) in [4.78, 5) is 128. The predicted octanol–water partition coefficient (Wildman–Crippen LogP) is 4.53. The van der Waals surface area contributed by atoms with Gasteiger partial charge in [-0.25, -0.2) is 9.97 Å². The van der Waals surface area contributed by atoms with E-state index in [2.05, 4.69) is 25.9 Å². The molecule has 0 spiro atoms. The van der Waals surface area contributed by atoms with Crippen LogP contribution in [0, 0.1) is 41.4 Å². The molecule has 2 heterocycles. The number of carbonyl (C=O) groups is 8. The fourth-order valence-corrected chi connectivity index (χ4v) is 9.76. The van der Waals surface area contributed by atoms with Gasteiger partial charge in [0.15, 0.2) is 0 Å². The molecule has 76 heavy (non-hydrogen) atoms. The Labute approximate surface area is 454 Å². The topological polar surface area (TPSA) is 244 Å². The molecule has 11 atom stereocenters. The molecule has 1 aromatic rings. The van der Waals surface area contributed by atoms with Crippen molar-refractivity contribution >= 4 is 47.3 Å². The van der Waals surface area contributed by atoms with Crippen LogP contribution in [0.5, 0.6) is 6.01 Å². The summed E-state index contributed by atoms with van der Waals surface area (Å²) in [6.45, 7) is 26.3. The quantitative estimate of drug-likeness (QED) is 0.0802. The third-order valence-corrected chi connectivity index (χ3v) is 14.9. The van der Waals surface area contributed by atoms with Crippen LogP contribution in [-0.4, -0.2) is 183 Å². The molecule has 4 N–H and O–H groups in total. The van der Waals surface area contributed by atoms with Crippen LogP contribution in [0.2, 0.25) is 0 Å². The van der Waals surface area contributed by atoms with Crippen molar-refractivity contribution in [3.8, 4) is 6.01 Å². The van der Waals surface area contributed by atoms with Crippen LogP contribution in [0.1, 0.15) is 148 Å². The van der Waals surface area contributed by atoms with Crippen LogP contribution in [0.25, 0.3) is 0 Å². The maximum atomic E-state index is 15.0. The second kappa shape index (κ2) is 31.1. The van der Waals surface area contributed by atoms with E-state index in [0.717, 1.165) is 4.90 Å². The van der Waals surface area contributed by atoms with E-state index < -0.39 is 83.7 Å². The average Bonchev–Trinajstić information content (AvgIpc) is 3.68. The van der Waals surface area contributed by atoms with Gasteiger partial charge in [-0.3, -0.25) is 38.4 Å². The largest absolute Gasteiger partial charge is 0.463 e. The van der Waals surface area contributed by atoms with Crippen molar-refractivity contribution < 1.29 is 48.2 Å². The molecular weight excluding hydrogens is 973 g/mol. The lowest BCUT2D eigenvalue weighted by Crippen LogP contribution is -2.63. The molecule has 1 aromatic heterocycles. The van der Waals surface area contributed by atoms with Crippen molar-refractivity contribution in [3.05, 3.63) is 18.5 Å². The molecule has 0 aliphatic carbocycles. The van der Waals surface area contributed by atoms with E-state index in [1.54, 1.807) is 47.7 Å². The number of likely N-dealkylation sites (N-methyl/N-ethyl adjacent to an activating group) is 5. The number of carbonyl (C=O) groups excluding carboxylic acids is 8. The summed E-state index contributed by atoms with van der Waals surface area (Å²) in [5.74, 6) is -4.79. The van der Waals surface area contributed by atoms with Gasteiger partial charge < -0.3 is 50.3 Å². The Kier molecular flexibility index (Phi) is 27.3. The fraction of sp³-hybridized carbons (Fsp3) is 0.786. The number of hydrogen-bond donors (Lipinski definition) is 4. The maximum absolute atomic E-state index is 15.0. The number of nitrogens with zero attached hydrogens (tertiary/aromatic N) is 7. The molecule has 1 unspecified atom stereocenters. The molecule has 0 bridgehead atoms. The van der Waals surface area contributed by atoms with E-state index in [-0.39, 0.29) is 91.3 Å². The third-order valence-electron chi connectivity index (χ3n) is 14.9. The molecule has 1 saturated heterocycles. The lowest BCUT2D eigenvalue weighted by molar-refractivity contribution is -0.156. The number of aromatic nitrogens is 2. The minimum atomic E-state index is -1.60. The number of hydrogen-bond acceptors (Lipinski definition) is 12. The summed E-state index contributed by atoms with van der Waals surface area (Å²) in [5, 5.41) is 21.1. The number of aliphatic hydroxyl groups excluding tert-OH is 1. The molecule has 0 saturated carbocycles. The van der Waals surface area contributed by atoms with Crippen molar-refractivity contribution in [1.82, 2.24) is 50.4 Å². The van der Waals surface area contributed by atoms with Gasteiger partial charge in [0.2, 0.25) is 47.3 Å². The first-order chi connectivity index (χ1) is 35.4. The first-order valence-electron chi connectivity index (χ1n) is 27.7. The zero-order valence-corrected chi connectivity index (χ0v) is 49.6. The number of rotatable bonds is 31. The van der Waals surface area contributed by atoms with Crippen molar-refractivity contribution in [2.75, 3.05) is 41.8 Å². The van der Waals surface area contributed by atoms with Crippen molar-refractivity contribution in [3.63, 3.8) is 0 Å². The number of nitrogens with one attached hydrogen (secondary N) is 3. The Hall–Kier alpha value is -5.40. The number of aliphatic hydroxyl groups is 1. The Morgan fingerprint density at radius 1 is 0.684 bits per heavy atom. The zero-order chi connectivity index (χ0) is 58.0. The van der Waals surface area contributed by atoms with Crippen molar-refractivity contribution in [2.24, 2.45) is 41.4 Å². The molecule has 20 heteroatoms. The smallest absolute Gasteiger partial charge is 0.316 e. The zero-order valence-electron chi connectivity index (χ0n) is 49.6. The molecule has 1 fully saturated rings. The summed E-state index contributed by atoms with van der Waals surface area (Å²) in [7, 11) is 7.47. The van der Waals surface area contributed by atoms with Gasteiger partial charge >= 0.3 is 6.01 Å². The van der Waals surface area contributed by atoms with Gasteiger partial charge in [0.25, 0.3) is 0 Å². The standard InChI is InChI=1S/C56H98N10O10/c1-20-41(53(73)62(15)39(14)52(72)64(17)43(28-33(4)5)50(70)61-42(35(8)9)31-40-30-38(13)59-49(40)69)60-51(71)47(48(68)37(12)24-27-76-56-57-25-21-26-58-56)66(19)55(75)46(36(10)11)65(18)54(74)44(29-34(6)7)63(16)45(67)23-22-32(2)3/h21,25-26,32-44,46-48,68H,20,22-24,27-31H2,1-19H3,(H,59,69)(H,60,71)(H,61,70)/t37-,38?,39-,40-,41+,42-,43+,44+,46+,47+,48-/m1/s1. The summed E-state index contributed by atoms with van der Waals surface area (Å²) in [6, 6.07) is -5.37. The average molecular weight is 1070 g/mol. The second-order valence-corrected chi connectivity index (χ2v) is 23.4. The molecule has 8 amide bonds. The van der Waals surface area contributed by atoms with E-state index in [4.69, 9.17) is 4.74 Å². The van der Waals surface area contributed by atoms with Gasteiger partial charge in [0.1, 0.15) is 36.3 Å². The summed E-state index contributed by atoms with van der Waals surface area (Å²) >= 11 is 0. The summed E-state index contributed by atoms with van der Waals surface area (Å²) in [6.07, 6.45) is 4.47. The van der Waals surface area contributed by atoms with Crippen LogP contribution in [-0.2, 0) is 38.4 Å². The Bertz CT molecular complexity index is 2060. The van der Waals surface area contributed by atoms with Crippen LogP contribution in [0.4, 0.5) is 0 Å². The van der Waals surface area contributed by atoms with Gasteiger partial charge in [-0.15, -0.1) is 0 Å². The lowest BCUT2D eigenvalue weighted by atomic mass is 9.90. The van der Waals surface area contributed by atoms with E-state index in [1.807, 2.05) is 62.3 Å². The third kappa shape index (κ3) is 19.3. The van der Waals surface area contributed by atoms with E-state index in [9.17, 15) is 43.5 Å². The van der Waals surface area contributed by atoms with Crippen LogP contribution < -0.4 is 20.7 Å². The van der Waals surface area contributed by atoms with Crippen molar-refractivity contribution in [1.29, 1.82) is 0 Å². The van der Waals surface area contributed by atoms with Crippen LogP contribution in [0.3, 0.4) is 0 Å². The molecule has 0 aromatic carbocycles. The van der Waals surface area contributed by atoms with Crippen LogP contribution in [0.15, 0.2) is 18.5 Å². The normalized spacial score (nSPS) is 18.2. The van der Waals surface area contributed by atoms with Gasteiger partial charge in [-0.2, -0.15) is 0 Å². The first-order valence-corrected chi connectivity index (χ1v) is 27.7. The minimum absolute atomic E-state index is 0.00165. The highest BCUT2D eigenvalue weighted by atomic mass is 16.5. The Balaban J connectivity index is 2.50. The highest BCUT2D eigenvalue weighted by Gasteiger charge is 2.44. The second-order valence-electron chi connectivity index (χ2n) is 23.4. The van der Waals surface area contributed by atoms with Gasteiger partial charge in [-0.1, -0.05) is 83.1 Å². The van der Waals surface area contributed by atoms with Crippen molar-refractivity contribution in [2.45, 2.75) is 203 Å². The SMILES string of the molecule is CC[C@H](NC(=O)[C@H]([C@H](O)[C@H](C)CCOc1ncccn1)N(C)C(=O)[C@H](C(C)C)N(C)C(=O)[C@H](CC(C)C)N(C)C(=O)CCC(C)C)C(=O)N(C)[C@H](C)C(=O)N(C)[C@@H](CC(C)C)C(=O)N[C@H](C[C@H]1CC(C)NC1=O)C(C)C. The molecule has 2 rings (SSSR count). The van der Waals surface area contributed by atoms with E-state index in [1.165, 1.54) is 60.2 Å². The molecule has 0 radical (unpaired) electrons. The van der Waals surface area contributed by atoms with Gasteiger partial charge in [0, 0.05) is 72.1 Å². The lowest BCUT2D eigenvalue weighted by Gasteiger charge is -2.41. The Morgan fingerprint density at radius 2 is 1.25 bits per heavy atom. The molecule has 1 aliphatic rings. The van der Waals surface area contributed by atoms with Gasteiger partial charge in [0.05, 0.1) is 12.7 Å². The molecule has 432 valence electrons. The van der Waals surface area contributed by atoms with Gasteiger partial charge in [-0.05, 0) is 100 Å². The first kappa shape index (κ1) is 66.7. The highest BCUT2D eigenvalue weighted by Crippen LogP contribution is 2.26. The predicted molar refractivity (Wildman–Crippen MR) is 293 cm³/mol. The number of ether oxygens (including phenoxy) is 1. The highest BCUT2D eigenvalue weighted by molar-refractivity contribution is 5.97. The van der Waals surface area contributed by atoms with E-state index >= 15 is 0 Å². The summed E-state index contributed by atoms with van der Waals surface area (Å²) in [5.41, 5.74) is 0. The Morgan fingerprint density at radius 3 is 1.75 bits per heavy atom. The van der Waals surface area contributed by atoms with Crippen LogP contribution >= 0.6 is 0 Å². The molecule has 1 aliphatic heterocycles. The number of amides is 8.